The van der Waals surface area contributed by atoms with E-state index >= 15 is 0 Å². The molecule has 0 radical (unpaired) electrons. The van der Waals surface area contributed by atoms with E-state index < -0.39 is 0 Å². The van der Waals surface area contributed by atoms with Crippen LogP contribution in [0.2, 0.25) is 0 Å². The van der Waals surface area contributed by atoms with Crippen LogP contribution in [0.5, 0.6) is 5.75 Å². The minimum atomic E-state index is -0.0563. The van der Waals surface area contributed by atoms with Crippen molar-refractivity contribution in [3.63, 3.8) is 0 Å². The quantitative estimate of drug-likeness (QED) is 0.765. The topological polar surface area (TPSA) is 64.3 Å². The first-order valence-electron chi connectivity index (χ1n) is 7.36. The monoisotopic (exact) mass is 276 g/mol. The molecule has 110 valence electrons. The van der Waals surface area contributed by atoms with Gasteiger partial charge >= 0.3 is 0 Å². The van der Waals surface area contributed by atoms with Crippen molar-refractivity contribution in [3.8, 4) is 5.75 Å². The summed E-state index contributed by atoms with van der Waals surface area (Å²) in [5.74, 6) is 0.638. The van der Waals surface area contributed by atoms with Crippen LogP contribution in [-0.2, 0) is 11.3 Å². The van der Waals surface area contributed by atoms with Crippen molar-refractivity contribution < 1.29 is 9.53 Å². The summed E-state index contributed by atoms with van der Waals surface area (Å²) in [5.41, 5.74) is 6.93. The van der Waals surface area contributed by atoms with E-state index in [-0.39, 0.29) is 12.5 Å². The number of nitrogens with two attached hydrogens (primary N) is 1. The first-order chi connectivity index (χ1) is 9.69. The smallest absolute Gasteiger partial charge is 0.257 e. The summed E-state index contributed by atoms with van der Waals surface area (Å²) in [6.07, 6.45) is 4.84. The number of carbonyl (C=O) groups is 1. The number of nitrogens with one attached hydrogen (secondary N) is 1. The van der Waals surface area contributed by atoms with E-state index in [9.17, 15) is 4.79 Å². The van der Waals surface area contributed by atoms with Gasteiger partial charge in [0.05, 0.1) is 0 Å². The van der Waals surface area contributed by atoms with Crippen LogP contribution in [0.1, 0.15) is 38.2 Å². The number of benzene rings is 1. The summed E-state index contributed by atoms with van der Waals surface area (Å²) in [4.78, 5) is 11.8. The Bertz CT molecular complexity index is 456. The Balaban J connectivity index is 1.75. The summed E-state index contributed by atoms with van der Waals surface area (Å²) >= 11 is 0. The molecule has 0 aliphatic heterocycles. The van der Waals surface area contributed by atoms with Gasteiger partial charge in [-0.2, -0.15) is 0 Å². The number of carbonyl (C=O) groups excluding carboxylic acids is 1. The highest BCUT2D eigenvalue weighted by Gasteiger charge is 2.41. The highest BCUT2D eigenvalue weighted by Crippen LogP contribution is 2.48. The zero-order valence-electron chi connectivity index (χ0n) is 12.2. The first kappa shape index (κ1) is 14.9. The lowest BCUT2D eigenvalue weighted by molar-refractivity contribution is -0.123. The van der Waals surface area contributed by atoms with Crippen LogP contribution in [0.3, 0.4) is 0 Å². The van der Waals surface area contributed by atoms with Crippen LogP contribution in [-0.4, -0.2) is 19.1 Å². The molecule has 1 aromatic carbocycles. The summed E-state index contributed by atoms with van der Waals surface area (Å²) < 4.78 is 5.54. The lowest BCUT2D eigenvalue weighted by Crippen LogP contribution is -2.34. The van der Waals surface area contributed by atoms with Crippen molar-refractivity contribution in [2.24, 2.45) is 11.1 Å². The third-order valence-corrected chi connectivity index (χ3v) is 3.95. The predicted molar refractivity (Wildman–Crippen MR) is 79.4 cm³/mol. The molecule has 1 aliphatic rings. The fourth-order valence-corrected chi connectivity index (χ4v) is 2.52. The van der Waals surface area contributed by atoms with E-state index in [0.29, 0.717) is 17.7 Å². The molecule has 20 heavy (non-hydrogen) atoms. The predicted octanol–water partition coefficient (Wildman–Crippen LogP) is 2.22. The fraction of sp³-hybridized carbons (Fsp3) is 0.562. The molecule has 0 unspecified atom stereocenters. The minimum Gasteiger partial charge on any atom is -0.483 e. The Morgan fingerprint density at radius 1 is 1.40 bits per heavy atom. The lowest BCUT2D eigenvalue weighted by Gasteiger charge is -2.15. The number of para-hydroxylation sites is 1. The first-order valence-corrected chi connectivity index (χ1v) is 7.36. The third kappa shape index (κ3) is 3.97. The Hall–Kier alpha value is -1.55. The van der Waals surface area contributed by atoms with Crippen molar-refractivity contribution in [3.05, 3.63) is 29.8 Å². The van der Waals surface area contributed by atoms with E-state index in [0.717, 1.165) is 12.1 Å². The zero-order valence-corrected chi connectivity index (χ0v) is 12.2. The van der Waals surface area contributed by atoms with Gasteiger partial charge in [-0.3, -0.25) is 4.79 Å². The maximum absolute atomic E-state index is 11.8. The molecular formula is C16H24N2O2. The van der Waals surface area contributed by atoms with Gasteiger partial charge in [-0.15, -0.1) is 0 Å². The highest BCUT2D eigenvalue weighted by atomic mass is 16.5. The van der Waals surface area contributed by atoms with Crippen molar-refractivity contribution in [2.45, 2.75) is 39.2 Å². The van der Waals surface area contributed by atoms with Gasteiger partial charge in [0.15, 0.2) is 6.61 Å². The molecule has 4 heteroatoms. The standard InChI is InChI=1S/C16H24N2O2/c1-2-7-16(8-9-16)12-18-15(19)11-20-14-6-4-3-5-13(14)10-17/h3-6H,2,7-12,17H2,1H3,(H,18,19). The van der Waals surface area contributed by atoms with E-state index in [2.05, 4.69) is 12.2 Å². The van der Waals surface area contributed by atoms with Gasteiger partial charge in [0.25, 0.3) is 5.91 Å². The highest BCUT2D eigenvalue weighted by molar-refractivity contribution is 5.77. The van der Waals surface area contributed by atoms with Crippen molar-refractivity contribution >= 4 is 5.91 Å². The molecule has 4 nitrogen and oxygen atoms in total. The Morgan fingerprint density at radius 3 is 2.80 bits per heavy atom. The van der Waals surface area contributed by atoms with Gasteiger partial charge < -0.3 is 15.8 Å². The Morgan fingerprint density at radius 2 is 2.15 bits per heavy atom. The number of rotatable bonds is 8. The normalized spacial score (nSPS) is 15.7. The van der Waals surface area contributed by atoms with E-state index in [4.69, 9.17) is 10.5 Å². The Kier molecular flexibility index (Phi) is 5.01. The van der Waals surface area contributed by atoms with Crippen LogP contribution < -0.4 is 15.8 Å². The molecule has 0 heterocycles. The molecule has 1 saturated carbocycles. The van der Waals surface area contributed by atoms with E-state index in [1.54, 1.807) is 0 Å². The molecule has 1 aliphatic carbocycles. The molecule has 0 spiro atoms. The second-order valence-corrected chi connectivity index (χ2v) is 5.63. The number of amides is 1. The van der Waals surface area contributed by atoms with Crippen molar-refractivity contribution in [2.75, 3.05) is 13.2 Å². The second kappa shape index (κ2) is 6.75. The van der Waals surface area contributed by atoms with Gasteiger partial charge in [-0.05, 0) is 30.7 Å². The van der Waals surface area contributed by atoms with Crippen LogP contribution in [0, 0.1) is 5.41 Å². The van der Waals surface area contributed by atoms with Crippen molar-refractivity contribution in [1.82, 2.24) is 5.32 Å². The average Bonchev–Trinajstić information content (AvgIpc) is 3.24. The third-order valence-electron chi connectivity index (χ3n) is 3.95. The lowest BCUT2D eigenvalue weighted by atomic mass is 10.0. The van der Waals surface area contributed by atoms with Crippen molar-refractivity contribution in [1.29, 1.82) is 0 Å². The molecular weight excluding hydrogens is 252 g/mol. The molecule has 1 amide bonds. The number of ether oxygens (including phenoxy) is 1. The van der Waals surface area contributed by atoms with Gasteiger partial charge in [-0.25, -0.2) is 0 Å². The van der Waals surface area contributed by atoms with Gasteiger partial charge in [0.1, 0.15) is 5.75 Å². The average molecular weight is 276 g/mol. The maximum Gasteiger partial charge on any atom is 0.257 e. The molecule has 0 atom stereocenters. The summed E-state index contributed by atoms with van der Waals surface area (Å²) in [6, 6.07) is 7.55. The van der Waals surface area contributed by atoms with Crippen LogP contribution in [0.15, 0.2) is 24.3 Å². The Labute approximate surface area is 120 Å². The summed E-state index contributed by atoms with van der Waals surface area (Å²) in [5, 5.41) is 2.98. The molecule has 2 rings (SSSR count). The second-order valence-electron chi connectivity index (χ2n) is 5.63. The van der Waals surface area contributed by atoms with Crippen LogP contribution >= 0.6 is 0 Å². The largest absolute Gasteiger partial charge is 0.483 e. The molecule has 1 fully saturated rings. The SMILES string of the molecule is CCCC1(CNC(=O)COc2ccccc2CN)CC1. The zero-order chi connectivity index (χ0) is 14.4. The van der Waals surface area contributed by atoms with Crippen LogP contribution in [0.25, 0.3) is 0 Å². The number of hydrogen-bond donors (Lipinski definition) is 2. The molecule has 3 N–H and O–H groups in total. The van der Waals surface area contributed by atoms with E-state index in [1.807, 2.05) is 24.3 Å². The number of hydrogen-bond acceptors (Lipinski definition) is 3. The van der Waals surface area contributed by atoms with Gasteiger partial charge in [-0.1, -0.05) is 31.5 Å². The molecule has 0 bridgehead atoms. The summed E-state index contributed by atoms with van der Waals surface area (Å²) in [6.45, 7) is 3.44. The van der Waals surface area contributed by atoms with Gasteiger partial charge in [0.2, 0.25) is 0 Å². The molecule has 0 aromatic heterocycles. The van der Waals surface area contributed by atoms with Crippen LogP contribution in [0.4, 0.5) is 0 Å². The molecule has 1 aromatic rings. The van der Waals surface area contributed by atoms with Gasteiger partial charge in [0, 0.05) is 18.7 Å². The van der Waals surface area contributed by atoms with E-state index in [1.165, 1.54) is 25.7 Å². The summed E-state index contributed by atoms with van der Waals surface area (Å²) in [7, 11) is 0. The minimum absolute atomic E-state index is 0.0548. The molecule has 0 saturated heterocycles. The maximum atomic E-state index is 11.8. The fourth-order valence-electron chi connectivity index (χ4n) is 2.52.